The number of aromatic nitrogens is 1. The second kappa shape index (κ2) is 6.86. The monoisotopic (exact) mass is 283 g/mol. The zero-order valence-corrected chi connectivity index (χ0v) is 11.8. The van der Waals surface area contributed by atoms with Gasteiger partial charge in [0, 0.05) is 11.9 Å². The van der Waals surface area contributed by atoms with Gasteiger partial charge in [0.1, 0.15) is 0 Å². The molecule has 1 aliphatic rings. The standard InChI is InChI=1S/C13H21N3O2S/c17-12(14-7-11-8-19-10-16-11)15-9-13(18)5-3-1-2-4-6-13/h8,10,18H,1-7,9H2,(H2,14,15,17). The van der Waals surface area contributed by atoms with Crippen LogP contribution in [0.2, 0.25) is 0 Å². The maximum atomic E-state index is 11.7. The number of carbonyl (C=O) groups is 1. The van der Waals surface area contributed by atoms with Crippen molar-refractivity contribution in [2.45, 2.75) is 50.7 Å². The molecule has 1 fully saturated rings. The maximum Gasteiger partial charge on any atom is 0.315 e. The van der Waals surface area contributed by atoms with Crippen LogP contribution in [0.4, 0.5) is 4.79 Å². The van der Waals surface area contributed by atoms with Crippen LogP contribution in [0.15, 0.2) is 10.9 Å². The van der Waals surface area contributed by atoms with Crippen molar-refractivity contribution in [3.05, 3.63) is 16.6 Å². The van der Waals surface area contributed by atoms with Crippen LogP contribution in [0.5, 0.6) is 0 Å². The second-order valence-electron chi connectivity index (χ2n) is 5.15. The lowest BCUT2D eigenvalue weighted by Gasteiger charge is -2.26. The van der Waals surface area contributed by atoms with Gasteiger partial charge in [-0.05, 0) is 12.8 Å². The Labute approximate surface area is 117 Å². The van der Waals surface area contributed by atoms with E-state index in [9.17, 15) is 9.90 Å². The number of nitrogens with one attached hydrogen (secondary N) is 2. The topological polar surface area (TPSA) is 74.2 Å². The molecule has 0 aromatic carbocycles. The molecule has 19 heavy (non-hydrogen) atoms. The van der Waals surface area contributed by atoms with Gasteiger partial charge in [0.2, 0.25) is 0 Å². The van der Waals surface area contributed by atoms with E-state index in [1.807, 2.05) is 5.38 Å². The van der Waals surface area contributed by atoms with Crippen molar-refractivity contribution in [3.8, 4) is 0 Å². The van der Waals surface area contributed by atoms with Crippen molar-refractivity contribution in [2.75, 3.05) is 6.54 Å². The highest BCUT2D eigenvalue weighted by atomic mass is 32.1. The smallest absolute Gasteiger partial charge is 0.315 e. The summed E-state index contributed by atoms with van der Waals surface area (Å²) in [6, 6.07) is -0.245. The largest absolute Gasteiger partial charge is 0.388 e. The first-order valence-corrected chi connectivity index (χ1v) is 7.73. The van der Waals surface area contributed by atoms with Gasteiger partial charge in [0.15, 0.2) is 0 Å². The molecule has 0 radical (unpaired) electrons. The molecule has 0 aliphatic heterocycles. The molecule has 1 aliphatic carbocycles. The first-order chi connectivity index (χ1) is 9.18. The van der Waals surface area contributed by atoms with E-state index in [2.05, 4.69) is 15.6 Å². The van der Waals surface area contributed by atoms with Crippen molar-refractivity contribution >= 4 is 17.4 Å². The van der Waals surface area contributed by atoms with Crippen LogP contribution >= 0.6 is 11.3 Å². The van der Waals surface area contributed by atoms with Gasteiger partial charge in [-0.1, -0.05) is 25.7 Å². The molecule has 2 amide bonds. The molecule has 1 aromatic rings. The fourth-order valence-corrected chi connectivity index (χ4v) is 2.92. The van der Waals surface area contributed by atoms with E-state index in [0.29, 0.717) is 13.1 Å². The molecule has 0 bridgehead atoms. The van der Waals surface area contributed by atoms with Crippen molar-refractivity contribution in [1.29, 1.82) is 0 Å². The Bertz CT molecular complexity index is 387. The Morgan fingerprint density at radius 2 is 2.05 bits per heavy atom. The average Bonchev–Trinajstić information content (AvgIpc) is 2.83. The lowest BCUT2D eigenvalue weighted by Crippen LogP contribution is -2.46. The summed E-state index contributed by atoms with van der Waals surface area (Å²) >= 11 is 1.51. The summed E-state index contributed by atoms with van der Waals surface area (Å²) in [6.07, 6.45) is 5.99. The summed E-state index contributed by atoms with van der Waals surface area (Å²) in [5.41, 5.74) is 1.87. The molecule has 1 aromatic heterocycles. The summed E-state index contributed by atoms with van der Waals surface area (Å²) in [6.45, 7) is 0.754. The number of rotatable bonds is 4. The highest BCUT2D eigenvalue weighted by Crippen LogP contribution is 2.26. The summed E-state index contributed by atoms with van der Waals surface area (Å²) in [7, 11) is 0. The zero-order chi connectivity index (χ0) is 13.6. The predicted molar refractivity (Wildman–Crippen MR) is 75.0 cm³/mol. The Morgan fingerprint density at radius 1 is 1.32 bits per heavy atom. The summed E-state index contributed by atoms with van der Waals surface area (Å²) < 4.78 is 0. The number of nitrogens with zero attached hydrogens (tertiary/aromatic N) is 1. The minimum atomic E-state index is -0.728. The Morgan fingerprint density at radius 3 is 2.68 bits per heavy atom. The van der Waals surface area contributed by atoms with Crippen LogP contribution in [0.3, 0.4) is 0 Å². The van der Waals surface area contributed by atoms with E-state index >= 15 is 0 Å². The van der Waals surface area contributed by atoms with Crippen LogP contribution in [-0.4, -0.2) is 28.3 Å². The van der Waals surface area contributed by atoms with Crippen LogP contribution in [-0.2, 0) is 6.54 Å². The molecule has 1 saturated carbocycles. The number of urea groups is 1. The Balaban J connectivity index is 1.70. The average molecular weight is 283 g/mol. The second-order valence-corrected chi connectivity index (χ2v) is 5.87. The van der Waals surface area contributed by atoms with E-state index in [1.165, 1.54) is 24.2 Å². The third-order valence-corrected chi connectivity index (χ3v) is 4.16. The molecule has 0 atom stereocenters. The van der Waals surface area contributed by atoms with E-state index in [4.69, 9.17) is 0 Å². The highest BCUT2D eigenvalue weighted by molar-refractivity contribution is 7.07. The molecular weight excluding hydrogens is 262 g/mol. The van der Waals surface area contributed by atoms with E-state index < -0.39 is 5.60 Å². The van der Waals surface area contributed by atoms with Gasteiger partial charge in [-0.25, -0.2) is 9.78 Å². The molecule has 1 heterocycles. The molecule has 0 unspecified atom stereocenters. The summed E-state index contributed by atoms with van der Waals surface area (Å²) in [4.78, 5) is 15.7. The fraction of sp³-hybridized carbons (Fsp3) is 0.692. The van der Waals surface area contributed by atoms with E-state index in [0.717, 1.165) is 31.4 Å². The lowest BCUT2D eigenvalue weighted by atomic mass is 9.95. The van der Waals surface area contributed by atoms with Gasteiger partial charge in [0.25, 0.3) is 0 Å². The zero-order valence-electron chi connectivity index (χ0n) is 11.0. The molecule has 0 saturated heterocycles. The Hall–Kier alpha value is -1.14. The van der Waals surface area contributed by atoms with Crippen LogP contribution in [0.1, 0.15) is 44.2 Å². The van der Waals surface area contributed by atoms with Crippen LogP contribution in [0.25, 0.3) is 0 Å². The third-order valence-electron chi connectivity index (χ3n) is 3.53. The van der Waals surface area contributed by atoms with Gasteiger partial charge in [-0.15, -0.1) is 11.3 Å². The molecule has 3 N–H and O–H groups in total. The van der Waals surface area contributed by atoms with Crippen molar-refractivity contribution in [1.82, 2.24) is 15.6 Å². The van der Waals surface area contributed by atoms with E-state index in [1.54, 1.807) is 5.51 Å². The number of hydrogen-bond acceptors (Lipinski definition) is 4. The Kier molecular flexibility index (Phi) is 5.15. The van der Waals surface area contributed by atoms with Crippen LogP contribution < -0.4 is 10.6 Å². The van der Waals surface area contributed by atoms with Gasteiger partial charge in [-0.3, -0.25) is 0 Å². The minimum absolute atomic E-state index is 0.245. The fourth-order valence-electron chi connectivity index (χ4n) is 2.37. The number of carbonyl (C=O) groups excluding carboxylic acids is 1. The quantitative estimate of drug-likeness (QED) is 0.740. The molecular formula is C13H21N3O2S. The molecule has 0 spiro atoms. The first kappa shape index (κ1) is 14.3. The molecule has 5 nitrogen and oxygen atoms in total. The predicted octanol–water partition coefficient (Wildman–Crippen LogP) is 2.03. The normalized spacial score (nSPS) is 18.6. The molecule has 106 valence electrons. The third kappa shape index (κ3) is 4.80. The maximum absolute atomic E-state index is 11.7. The highest BCUT2D eigenvalue weighted by Gasteiger charge is 2.28. The summed E-state index contributed by atoms with van der Waals surface area (Å²) in [5, 5.41) is 17.8. The minimum Gasteiger partial charge on any atom is -0.388 e. The number of aliphatic hydroxyl groups is 1. The number of thiazole rings is 1. The van der Waals surface area contributed by atoms with Crippen molar-refractivity contribution in [3.63, 3.8) is 0 Å². The van der Waals surface area contributed by atoms with Crippen molar-refractivity contribution in [2.24, 2.45) is 0 Å². The van der Waals surface area contributed by atoms with Gasteiger partial charge in [0.05, 0.1) is 23.4 Å². The van der Waals surface area contributed by atoms with Gasteiger partial charge < -0.3 is 15.7 Å². The first-order valence-electron chi connectivity index (χ1n) is 6.79. The molecule has 6 heteroatoms. The number of hydrogen-bond donors (Lipinski definition) is 3. The van der Waals surface area contributed by atoms with E-state index in [-0.39, 0.29) is 6.03 Å². The van der Waals surface area contributed by atoms with Crippen LogP contribution in [0, 0.1) is 0 Å². The lowest BCUT2D eigenvalue weighted by molar-refractivity contribution is 0.0276. The molecule has 2 rings (SSSR count). The van der Waals surface area contributed by atoms with Gasteiger partial charge in [-0.2, -0.15) is 0 Å². The number of amides is 2. The summed E-state index contributed by atoms with van der Waals surface area (Å²) in [5.74, 6) is 0. The van der Waals surface area contributed by atoms with Crippen molar-refractivity contribution < 1.29 is 9.90 Å². The SMILES string of the molecule is O=C(NCc1cscn1)NCC1(O)CCCCCC1. The van der Waals surface area contributed by atoms with Gasteiger partial charge >= 0.3 is 6.03 Å².